The summed E-state index contributed by atoms with van der Waals surface area (Å²) >= 11 is 1.53. The molecule has 0 aromatic heterocycles. The Balaban J connectivity index is 1.95. The molecule has 8 nitrogen and oxygen atoms in total. The number of nitrogens with zero attached hydrogens (tertiary/aromatic N) is 1. The van der Waals surface area contributed by atoms with E-state index < -0.39 is 23.4 Å². The Labute approximate surface area is 147 Å². The Kier molecular flexibility index (Phi) is 5.96. The van der Waals surface area contributed by atoms with Gasteiger partial charge in [-0.05, 0) is 30.5 Å². The minimum Gasteiger partial charge on any atom is -0.452 e. The molecule has 0 aliphatic carbocycles. The normalized spacial score (nSPS) is 10.1. The van der Waals surface area contributed by atoms with Crippen LogP contribution in [0.15, 0.2) is 47.4 Å². The van der Waals surface area contributed by atoms with Gasteiger partial charge < -0.3 is 15.8 Å². The quantitative estimate of drug-likeness (QED) is 0.266. The zero-order valence-electron chi connectivity index (χ0n) is 13.2. The Morgan fingerprint density at radius 1 is 1.28 bits per heavy atom. The molecule has 0 unspecified atom stereocenters. The monoisotopic (exact) mass is 361 g/mol. The van der Waals surface area contributed by atoms with Gasteiger partial charge in [0.05, 0.1) is 16.2 Å². The summed E-state index contributed by atoms with van der Waals surface area (Å²) in [5, 5.41) is 13.3. The summed E-state index contributed by atoms with van der Waals surface area (Å²) in [6, 6.07) is 10.6. The highest BCUT2D eigenvalue weighted by Gasteiger charge is 2.16. The number of esters is 1. The largest absolute Gasteiger partial charge is 0.452 e. The third-order valence-electron chi connectivity index (χ3n) is 3.15. The average molecular weight is 361 g/mol. The zero-order chi connectivity index (χ0) is 18.4. The summed E-state index contributed by atoms with van der Waals surface area (Å²) in [5.41, 5.74) is 5.83. The van der Waals surface area contributed by atoms with Crippen molar-refractivity contribution in [1.82, 2.24) is 0 Å². The maximum absolute atomic E-state index is 11.9. The Morgan fingerprint density at radius 3 is 2.68 bits per heavy atom. The van der Waals surface area contributed by atoms with Gasteiger partial charge in [0, 0.05) is 22.7 Å². The molecular formula is C16H15N3O5S. The van der Waals surface area contributed by atoms with E-state index in [1.807, 2.05) is 12.3 Å². The molecule has 1 amide bonds. The number of carbonyl (C=O) groups is 2. The number of nitrogens with two attached hydrogens (primary N) is 1. The lowest BCUT2D eigenvalue weighted by Crippen LogP contribution is -2.21. The van der Waals surface area contributed by atoms with E-state index in [4.69, 9.17) is 10.5 Å². The fraction of sp³-hybridized carbons (Fsp3) is 0.125. The molecule has 9 heteroatoms. The van der Waals surface area contributed by atoms with Crippen molar-refractivity contribution in [3.8, 4) is 0 Å². The first kappa shape index (κ1) is 18.3. The maximum Gasteiger partial charge on any atom is 0.340 e. The molecule has 0 radical (unpaired) electrons. The van der Waals surface area contributed by atoms with Crippen LogP contribution in [0.4, 0.5) is 17.1 Å². The molecule has 0 heterocycles. The molecule has 0 aliphatic rings. The third-order valence-corrected chi connectivity index (χ3v) is 3.88. The predicted molar refractivity (Wildman–Crippen MR) is 94.6 cm³/mol. The number of anilines is 2. The molecular weight excluding hydrogens is 346 g/mol. The second-order valence-corrected chi connectivity index (χ2v) is 5.76. The average Bonchev–Trinajstić information content (AvgIpc) is 2.59. The number of nitro benzene ring substituents is 1. The van der Waals surface area contributed by atoms with Gasteiger partial charge in [-0.3, -0.25) is 14.9 Å². The number of ether oxygens (including phenoxy) is 1. The first-order valence-electron chi connectivity index (χ1n) is 7.05. The smallest absolute Gasteiger partial charge is 0.340 e. The van der Waals surface area contributed by atoms with Crippen molar-refractivity contribution in [2.45, 2.75) is 4.90 Å². The lowest BCUT2D eigenvalue weighted by atomic mass is 10.1. The van der Waals surface area contributed by atoms with Gasteiger partial charge in [0.25, 0.3) is 11.6 Å². The molecule has 0 atom stereocenters. The molecule has 3 N–H and O–H groups in total. The topological polar surface area (TPSA) is 125 Å². The van der Waals surface area contributed by atoms with Crippen LogP contribution in [0.2, 0.25) is 0 Å². The molecule has 0 fully saturated rings. The summed E-state index contributed by atoms with van der Waals surface area (Å²) in [4.78, 5) is 34.8. The van der Waals surface area contributed by atoms with Gasteiger partial charge in [-0.25, -0.2) is 4.79 Å². The van der Waals surface area contributed by atoms with Gasteiger partial charge in [0.1, 0.15) is 0 Å². The van der Waals surface area contributed by atoms with Crippen LogP contribution < -0.4 is 11.1 Å². The zero-order valence-corrected chi connectivity index (χ0v) is 14.0. The van der Waals surface area contributed by atoms with E-state index >= 15 is 0 Å². The second kappa shape index (κ2) is 8.15. The standard InChI is InChI=1S/C16H15N3O5S/c1-25-12-4-2-3-10(7-12)18-15(20)9-24-16(21)13-6-5-11(19(22)23)8-14(13)17/h2-8H,9,17H2,1H3,(H,18,20). The van der Waals surface area contributed by atoms with Crippen LogP contribution in [-0.4, -0.2) is 29.7 Å². The van der Waals surface area contributed by atoms with E-state index in [9.17, 15) is 19.7 Å². The summed E-state index contributed by atoms with van der Waals surface area (Å²) in [6.45, 7) is -0.501. The molecule has 0 aliphatic heterocycles. The molecule has 2 aromatic rings. The summed E-state index contributed by atoms with van der Waals surface area (Å²) in [6.07, 6.45) is 1.91. The number of nitrogen functional groups attached to an aromatic ring is 1. The molecule has 0 saturated carbocycles. The number of amides is 1. The first-order chi connectivity index (χ1) is 11.9. The minimum atomic E-state index is -0.833. The molecule has 130 valence electrons. The Bertz CT molecular complexity index is 825. The number of rotatable bonds is 6. The van der Waals surface area contributed by atoms with Gasteiger partial charge >= 0.3 is 5.97 Å². The highest BCUT2D eigenvalue weighted by Crippen LogP contribution is 2.21. The fourth-order valence-electron chi connectivity index (χ4n) is 1.96. The van der Waals surface area contributed by atoms with Crippen LogP contribution in [0.5, 0.6) is 0 Å². The van der Waals surface area contributed by atoms with Crippen molar-refractivity contribution < 1.29 is 19.2 Å². The van der Waals surface area contributed by atoms with Crippen LogP contribution >= 0.6 is 11.8 Å². The van der Waals surface area contributed by atoms with Crippen LogP contribution in [0, 0.1) is 10.1 Å². The minimum absolute atomic E-state index is 0.0391. The van der Waals surface area contributed by atoms with Crippen LogP contribution in [0.3, 0.4) is 0 Å². The number of nitro groups is 1. The lowest BCUT2D eigenvalue weighted by molar-refractivity contribution is -0.384. The summed E-state index contributed by atoms with van der Waals surface area (Å²) in [5.74, 6) is -1.34. The van der Waals surface area contributed by atoms with Crippen LogP contribution in [0.1, 0.15) is 10.4 Å². The molecule has 0 spiro atoms. The van der Waals surface area contributed by atoms with Crippen molar-refractivity contribution >= 4 is 40.7 Å². The molecule has 0 saturated heterocycles. The Morgan fingerprint density at radius 2 is 2.04 bits per heavy atom. The molecule has 0 bridgehead atoms. The number of benzene rings is 2. The van der Waals surface area contributed by atoms with E-state index in [0.717, 1.165) is 17.0 Å². The number of carbonyl (C=O) groups excluding carboxylic acids is 2. The number of thioether (sulfide) groups is 1. The summed E-state index contributed by atoms with van der Waals surface area (Å²) in [7, 11) is 0. The van der Waals surface area contributed by atoms with E-state index in [-0.39, 0.29) is 16.9 Å². The van der Waals surface area contributed by atoms with Crippen molar-refractivity contribution in [1.29, 1.82) is 0 Å². The Hall–Kier alpha value is -3.07. The van der Waals surface area contributed by atoms with E-state index in [0.29, 0.717) is 5.69 Å². The van der Waals surface area contributed by atoms with E-state index in [2.05, 4.69) is 5.32 Å². The number of hydrogen-bond acceptors (Lipinski definition) is 7. The fourth-order valence-corrected chi connectivity index (χ4v) is 2.42. The van der Waals surface area contributed by atoms with Gasteiger partial charge in [0.15, 0.2) is 6.61 Å². The van der Waals surface area contributed by atoms with Gasteiger partial charge in [0.2, 0.25) is 0 Å². The van der Waals surface area contributed by atoms with Crippen molar-refractivity contribution in [2.24, 2.45) is 0 Å². The third kappa shape index (κ3) is 4.95. The molecule has 25 heavy (non-hydrogen) atoms. The number of hydrogen-bond donors (Lipinski definition) is 2. The van der Waals surface area contributed by atoms with Crippen molar-refractivity contribution in [2.75, 3.05) is 23.9 Å². The van der Waals surface area contributed by atoms with Gasteiger partial charge in [-0.15, -0.1) is 11.8 Å². The highest BCUT2D eigenvalue weighted by atomic mass is 32.2. The first-order valence-corrected chi connectivity index (χ1v) is 8.28. The van der Waals surface area contributed by atoms with E-state index in [1.165, 1.54) is 17.8 Å². The predicted octanol–water partition coefficient (Wildman–Crippen LogP) is 2.69. The second-order valence-electron chi connectivity index (χ2n) is 4.88. The van der Waals surface area contributed by atoms with Crippen molar-refractivity contribution in [3.63, 3.8) is 0 Å². The van der Waals surface area contributed by atoms with Crippen LogP contribution in [0.25, 0.3) is 0 Å². The molecule has 2 aromatic carbocycles. The number of non-ortho nitro benzene ring substituents is 1. The molecule has 2 rings (SSSR count). The SMILES string of the molecule is CSc1cccc(NC(=O)COC(=O)c2ccc([N+](=O)[O-])cc2N)c1. The maximum atomic E-state index is 11.9. The van der Waals surface area contributed by atoms with Gasteiger partial charge in [-0.1, -0.05) is 6.07 Å². The number of nitrogens with one attached hydrogen (secondary N) is 1. The van der Waals surface area contributed by atoms with Gasteiger partial charge in [-0.2, -0.15) is 0 Å². The highest BCUT2D eigenvalue weighted by molar-refractivity contribution is 7.98. The lowest BCUT2D eigenvalue weighted by Gasteiger charge is -2.08. The van der Waals surface area contributed by atoms with Crippen LogP contribution in [-0.2, 0) is 9.53 Å². The summed E-state index contributed by atoms with van der Waals surface area (Å²) < 4.78 is 4.89. The van der Waals surface area contributed by atoms with Crippen molar-refractivity contribution in [3.05, 3.63) is 58.1 Å². The van der Waals surface area contributed by atoms with E-state index in [1.54, 1.807) is 18.2 Å².